The molecule has 0 aliphatic rings. The summed E-state index contributed by atoms with van der Waals surface area (Å²) in [6, 6.07) is 24.0. The van der Waals surface area contributed by atoms with Crippen LogP contribution in [0.25, 0.3) is 55.1 Å². The number of hydrogen-bond donors (Lipinski definition) is 1. The fraction of sp³-hybridized carbons (Fsp3) is 0.0741. The summed E-state index contributed by atoms with van der Waals surface area (Å²) < 4.78 is 5.46. The average Bonchev–Trinajstić information content (AvgIpc) is 2.82. The van der Waals surface area contributed by atoms with Crippen LogP contribution in [0.1, 0.15) is 6.92 Å². The lowest BCUT2D eigenvalue weighted by molar-refractivity contribution is 0.338. The number of ether oxygens (including phenoxy) is 1. The van der Waals surface area contributed by atoms with Gasteiger partial charge in [0.15, 0.2) is 11.6 Å². The van der Waals surface area contributed by atoms with Gasteiger partial charge in [0.05, 0.1) is 12.2 Å². The van der Waals surface area contributed by atoms with Crippen LogP contribution in [0.5, 0.6) is 11.5 Å². The fourth-order valence-corrected chi connectivity index (χ4v) is 4.64. The summed E-state index contributed by atoms with van der Waals surface area (Å²) in [6.07, 6.45) is 0. The van der Waals surface area contributed by atoms with Gasteiger partial charge >= 0.3 is 0 Å². The zero-order valence-corrected chi connectivity index (χ0v) is 18.5. The summed E-state index contributed by atoms with van der Waals surface area (Å²) in [6.45, 7) is 2.40. The third kappa shape index (κ3) is 3.20. The lowest BCUT2D eigenvalue weighted by atomic mass is 9.92. The van der Waals surface area contributed by atoms with Gasteiger partial charge in [-0.05, 0) is 69.0 Å². The van der Waals surface area contributed by atoms with Crippen LogP contribution in [0.2, 0.25) is 5.28 Å². The molecule has 6 aromatic rings. The van der Waals surface area contributed by atoms with Crippen LogP contribution < -0.4 is 4.74 Å². The molecule has 0 saturated carbocycles. The first-order chi connectivity index (χ1) is 16.1. The number of hydrogen-bond acceptors (Lipinski definition) is 5. The van der Waals surface area contributed by atoms with Gasteiger partial charge in [-0.15, -0.1) is 0 Å². The maximum Gasteiger partial charge on any atom is 0.226 e. The predicted molar refractivity (Wildman–Crippen MR) is 132 cm³/mol. The molecule has 5 aromatic carbocycles. The highest BCUT2D eigenvalue weighted by Gasteiger charge is 2.17. The van der Waals surface area contributed by atoms with Gasteiger partial charge in [-0.2, -0.15) is 9.97 Å². The number of phenolic OH excluding ortho intramolecular Hbond substituents is 1. The zero-order valence-electron chi connectivity index (χ0n) is 17.7. The standard InChI is InChI=1S/C27H18ClN3O2/c1-2-33-18-10-13-21(22(32)14-18)26-29-25(30-27(28)31-26)20-12-9-17-7-6-15-4-3-5-16-8-11-19(20)24(17)23(15)16/h3-14,32H,2H2,1H3. The second-order valence-electron chi connectivity index (χ2n) is 7.83. The summed E-state index contributed by atoms with van der Waals surface area (Å²) in [5.74, 6) is 1.35. The molecule has 0 aliphatic heterocycles. The lowest BCUT2D eigenvalue weighted by Gasteiger charge is -2.14. The summed E-state index contributed by atoms with van der Waals surface area (Å²) >= 11 is 6.32. The molecular weight excluding hydrogens is 434 g/mol. The molecule has 0 bridgehead atoms. The first-order valence-electron chi connectivity index (χ1n) is 10.7. The molecule has 0 aliphatic carbocycles. The number of phenols is 1. The van der Waals surface area contributed by atoms with Crippen LogP contribution in [-0.2, 0) is 0 Å². The minimum absolute atomic E-state index is 0.0181. The van der Waals surface area contributed by atoms with Crippen molar-refractivity contribution in [3.63, 3.8) is 0 Å². The molecule has 5 nitrogen and oxygen atoms in total. The smallest absolute Gasteiger partial charge is 0.226 e. The monoisotopic (exact) mass is 451 g/mol. The third-order valence-electron chi connectivity index (χ3n) is 5.90. The second-order valence-corrected chi connectivity index (χ2v) is 8.17. The highest BCUT2D eigenvalue weighted by molar-refractivity contribution is 6.28. The molecule has 0 spiro atoms. The normalized spacial score (nSPS) is 11.6. The van der Waals surface area contributed by atoms with E-state index in [-0.39, 0.29) is 11.0 Å². The van der Waals surface area contributed by atoms with Crippen LogP contribution in [0.15, 0.2) is 72.8 Å². The summed E-state index contributed by atoms with van der Waals surface area (Å²) in [4.78, 5) is 13.4. The first kappa shape index (κ1) is 19.7. The molecule has 160 valence electrons. The Kier molecular flexibility index (Phi) is 4.52. The van der Waals surface area contributed by atoms with Crippen LogP contribution in [-0.4, -0.2) is 26.7 Å². The first-order valence-corrected chi connectivity index (χ1v) is 11.0. The van der Waals surface area contributed by atoms with Crippen LogP contribution >= 0.6 is 11.6 Å². The molecule has 33 heavy (non-hydrogen) atoms. The zero-order chi connectivity index (χ0) is 22.5. The summed E-state index contributed by atoms with van der Waals surface area (Å²) in [7, 11) is 0. The number of rotatable bonds is 4. The minimum atomic E-state index is 0.0181. The van der Waals surface area contributed by atoms with E-state index in [2.05, 4.69) is 63.5 Å². The summed E-state index contributed by atoms with van der Waals surface area (Å²) in [5, 5.41) is 17.6. The molecule has 0 atom stereocenters. The number of halogens is 1. The SMILES string of the molecule is CCOc1ccc(-c2nc(Cl)nc(-c3ccc4ccc5cccc6ccc3c4c56)n2)c(O)c1. The van der Waals surface area contributed by atoms with Crippen molar-refractivity contribution < 1.29 is 9.84 Å². The van der Waals surface area contributed by atoms with Crippen molar-refractivity contribution in [2.75, 3.05) is 6.61 Å². The van der Waals surface area contributed by atoms with E-state index >= 15 is 0 Å². The van der Waals surface area contributed by atoms with Gasteiger partial charge in [0.1, 0.15) is 11.5 Å². The van der Waals surface area contributed by atoms with Gasteiger partial charge < -0.3 is 9.84 Å². The molecule has 0 radical (unpaired) electrons. The van der Waals surface area contributed by atoms with Crippen molar-refractivity contribution >= 4 is 43.9 Å². The van der Waals surface area contributed by atoms with Crippen molar-refractivity contribution in [2.24, 2.45) is 0 Å². The van der Waals surface area contributed by atoms with E-state index in [1.54, 1.807) is 18.2 Å². The maximum atomic E-state index is 10.6. The highest BCUT2D eigenvalue weighted by Crippen LogP contribution is 2.39. The van der Waals surface area contributed by atoms with E-state index in [1.165, 1.54) is 21.5 Å². The number of nitrogens with zero attached hydrogens (tertiary/aromatic N) is 3. The minimum Gasteiger partial charge on any atom is -0.507 e. The maximum absolute atomic E-state index is 10.6. The van der Waals surface area contributed by atoms with Gasteiger partial charge in [-0.25, -0.2) is 4.98 Å². The van der Waals surface area contributed by atoms with E-state index in [9.17, 15) is 5.11 Å². The number of aromatic nitrogens is 3. The van der Waals surface area contributed by atoms with E-state index in [0.717, 1.165) is 16.3 Å². The Labute approximate surface area is 194 Å². The third-order valence-corrected chi connectivity index (χ3v) is 6.07. The van der Waals surface area contributed by atoms with Crippen molar-refractivity contribution in [3.8, 4) is 34.3 Å². The molecule has 1 heterocycles. The molecule has 1 N–H and O–H groups in total. The van der Waals surface area contributed by atoms with Crippen molar-refractivity contribution in [1.29, 1.82) is 0 Å². The fourth-order valence-electron chi connectivity index (χ4n) is 4.48. The average molecular weight is 452 g/mol. The largest absolute Gasteiger partial charge is 0.507 e. The Morgan fingerprint density at radius 2 is 1.39 bits per heavy atom. The molecule has 6 rings (SSSR count). The van der Waals surface area contributed by atoms with Gasteiger partial charge in [0.2, 0.25) is 5.28 Å². The van der Waals surface area contributed by atoms with E-state index in [4.69, 9.17) is 16.3 Å². The van der Waals surface area contributed by atoms with E-state index in [1.807, 2.05) is 13.0 Å². The van der Waals surface area contributed by atoms with Gasteiger partial charge in [-0.3, -0.25) is 0 Å². The van der Waals surface area contributed by atoms with Crippen LogP contribution in [0, 0.1) is 0 Å². The van der Waals surface area contributed by atoms with E-state index in [0.29, 0.717) is 29.6 Å². The molecule has 0 amide bonds. The van der Waals surface area contributed by atoms with Gasteiger partial charge in [0.25, 0.3) is 0 Å². The Bertz CT molecular complexity index is 1650. The Morgan fingerprint density at radius 1 is 0.758 bits per heavy atom. The highest BCUT2D eigenvalue weighted by atomic mass is 35.5. The topological polar surface area (TPSA) is 68.1 Å². The molecule has 1 aromatic heterocycles. The molecule has 0 unspecified atom stereocenters. The molecule has 6 heteroatoms. The Hall–Kier alpha value is -3.96. The molecule has 0 saturated heterocycles. The van der Waals surface area contributed by atoms with Crippen LogP contribution in [0.3, 0.4) is 0 Å². The van der Waals surface area contributed by atoms with Crippen molar-refractivity contribution in [2.45, 2.75) is 6.92 Å². The molecule has 0 fully saturated rings. The van der Waals surface area contributed by atoms with Gasteiger partial charge in [0, 0.05) is 11.6 Å². The number of benzene rings is 5. The van der Waals surface area contributed by atoms with Gasteiger partial charge in [-0.1, -0.05) is 48.5 Å². The number of aromatic hydroxyl groups is 1. The predicted octanol–water partition coefficient (Wildman–Crippen LogP) is 6.86. The quantitative estimate of drug-likeness (QED) is 0.296. The lowest BCUT2D eigenvalue weighted by Crippen LogP contribution is -1.99. The Morgan fingerprint density at radius 3 is 2.12 bits per heavy atom. The second kappa shape index (κ2) is 7.57. The van der Waals surface area contributed by atoms with E-state index < -0.39 is 0 Å². The van der Waals surface area contributed by atoms with Crippen molar-refractivity contribution in [1.82, 2.24) is 15.0 Å². The van der Waals surface area contributed by atoms with Crippen molar-refractivity contribution in [3.05, 3.63) is 78.1 Å². The molecular formula is C27H18ClN3O2. The Balaban J connectivity index is 1.57. The van der Waals surface area contributed by atoms with Crippen LogP contribution in [0.4, 0.5) is 0 Å². The summed E-state index contributed by atoms with van der Waals surface area (Å²) in [5.41, 5.74) is 1.32.